The van der Waals surface area contributed by atoms with Crippen molar-refractivity contribution in [2.45, 2.75) is 12.2 Å². The van der Waals surface area contributed by atoms with E-state index in [2.05, 4.69) is 5.32 Å². The predicted octanol–water partition coefficient (Wildman–Crippen LogP) is 2.37. The number of halogens is 1. The third kappa shape index (κ3) is 4.40. The van der Waals surface area contributed by atoms with Crippen LogP contribution in [0.2, 0.25) is 5.02 Å². The monoisotopic (exact) mass is 288 g/mol. The van der Waals surface area contributed by atoms with E-state index in [1.54, 1.807) is 25.3 Å². The van der Waals surface area contributed by atoms with Gasteiger partial charge in [-0.15, -0.1) is 11.8 Å². The average Bonchev–Trinajstić information content (AvgIpc) is 2.36. The van der Waals surface area contributed by atoms with Gasteiger partial charge in [0.05, 0.1) is 18.0 Å². The highest BCUT2D eigenvalue weighted by atomic mass is 35.5. The van der Waals surface area contributed by atoms with Crippen LogP contribution in [-0.2, 0) is 4.79 Å². The first-order valence-corrected chi connectivity index (χ1v) is 6.97. The Bertz CT molecular complexity index is 415. The summed E-state index contributed by atoms with van der Waals surface area (Å²) in [5.41, 5.74) is 5.98. The summed E-state index contributed by atoms with van der Waals surface area (Å²) in [4.78, 5) is 11.9. The van der Waals surface area contributed by atoms with Crippen LogP contribution in [0.1, 0.15) is 6.92 Å². The Kier molecular flexibility index (Phi) is 6.32. The number of anilines is 1. The number of hydrogen-bond acceptors (Lipinski definition) is 4. The summed E-state index contributed by atoms with van der Waals surface area (Å²) in [6, 6.07) is 5.09. The molecular formula is C12H17ClN2O2S. The van der Waals surface area contributed by atoms with Crippen LogP contribution in [0.15, 0.2) is 18.2 Å². The molecule has 0 heterocycles. The van der Waals surface area contributed by atoms with Gasteiger partial charge in [-0.25, -0.2) is 0 Å². The van der Waals surface area contributed by atoms with E-state index < -0.39 is 0 Å². The Morgan fingerprint density at radius 2 is 2.33 bits per heavy atom. The number of benzene rings is 1. The van der Waals surface area contributed by atoms with E-state index in [0.29, 0.717) is 23.0 Å². The molecule has 4 nitrogen and oxygen atoms in total. The third-order valence-corrected chi connectivity index (χ3v) is 3.69. The first-order valence-electron chi connectivity index (χ1n) is 5.54. The molecule has 1 aromatic carbocycles. The fourth-order valence-electron chi connectivity index (χ4n) is 1.33. The molecule has 0 aliphatic carbocycles. The number of rotatable bonds is 6. The summed E-state index contributed by atoms with van der Waals surface area (Å²) in [6.45, 7) is 2.40. The topological polar surface area (TPSA) is 64.3 Å². The Morgan fingerprint density at radius 1 is 1.61 bits per heavy atom. The fourth-order valence-corrected chi connectivity index (χ4v) is 2.20. The zero-order valence-corrected chi connectivity index (χ0v) is 12.0. The number of nitrogens with two attached hydrogens (primary N) is 1. The molecular weight excluding hydrogens is 272 g/mol. The normalized spacial score (nSPS) is 12.0. The highest BCUT2D eigenvalue weighted by Gasteiger charge is 2.15. The molecule has 0 bridgehead atoms. The van der Waals surface area contributed by atoms with Gasteiger partial charge in [0, 0.05) is 17.3 Å². The second-order valence-corrected chi connectivity index (χ2v) is 5.52. The minimum atomic E-state index is -0.169. The van der Waals surface area contributed by atoms with Crippen molar-refractivity contribution in [3.05, 3.63) is 23.2 Å². The Morgan fingerprint density at radius 3 is 2.94 bits per heavy atom. The first-order chi connectivity index (χ1) is 8.58. The second kappa shape index (κ2) is 7.51. The van der Waals surface area contributed by atoms with Gasteiger partial charge in [0.2, 0.25) is 5.91 Å². The summed E-state index contributed by atoms with van der Waals surface area (Å²) in [7, 11) is 1.55. The van der Waals surface area contributed by atoms with Gasteiger partial charge in [-0.1, -0.05) is 11.6 Å². The molecule has 100 valence electrons. The van der Waals surface area contributed by atoms with Crippen molar-refractivity contribution >= 4 is 35.0 Å². The minimum absolute atomic E-state index is 0.0889. The number of carbonyl (C=O) groups is 1. The van der Waals surface area contributed by atoms with E-state index in [0.717, 1.165) is 5.75 Å². The van der Waals surface area contributed by atoms with E-state index in [-0.39, 0.29) is 11.2 Å². The van der Waals surface area contributed by atoms with Crippen molar-refractivity contribution in [3.8, 4) is 5.75 Å². The van der Waals surface area contributed by atoms with Crippen LogP contribution < -0.4 is 15.8 Å². The molecule has 0 radical (unpaired) electrons. The maximum atomic E-state index is 11.9. The van der Waals surface area contributed by atoms with E-state index in [4.69, 9.17) is 22.1 Å². The van der Waals surface area contributed by atoms with Crippen molar-refractivity contribution in [2.24, 2.45) is 5.73 Å². The van der Waals surface area contributed by atoms with Gasteiger partial charge in [0.25, 0.3) is 0 Å². The zero-order valence-electron chi connectivity index (χ0n) is 10.4. The van der Waals surface area contributed by atoms with Gasteiger partial charge < -0.3 is 15.8 Å². The first kappa shape index (κ1) is 15.1. The van der Waals surface area contributed by atoms with Crippen LogP contribution in [0.3, 0.4) is 0 Å². The van der Waals surface area contributed by atoms with Gasteiger partial charge in [-0.2, -0.15) is 0 Å². The molecule has 0 aliphatic heterocycles. The smallest absolute Gasteiger partial charge is 0.237 e. The predicted molar refractivity (Wildman–Crippen MR) is 77.6 cm³/mol. The van der Waals surface area contributed by atoms with Gasteiger partial charge in [0.15, 0.2) is 0 Å². The molecule has 18 heavy (non-hydrogen) atoms. The van der Waals surface area contributed by atoms with Crippen molar-refractivity contribution in [2.75, 3.05) is 24.7 Å². The summed E-state index contributed by atoms with van der Waals surface area (Å²) in [6.07, 6.45) is 0. The van der Waals surface area contributed by atoms with Crippen LogP contribution in [0, 0.1) is 0 Å². The number of methoxy groups -OCH3 is 1. The van der Waals surface area contributed by atoms with Crippen LogP contribution in [-0.4, -0.2) is 30.6 Å². The van der Waals surface area contributed by atoms with E-state index in [1.165, 1.54) is 11.8 Å². The lowest BCUT2D eigenvalue weighted by molar-refractivity contribution is -0.115. The van der Waals surface area contributed by atoms with E-state index >= 15 is 0 Å². The summed E-state index contributed by atoms with van der Waals surface area (Å²) >= 11 is 7.40. The number of hydrogen-bond donors (Lipinski definition) is 2. The van der Waals surface area contributed by atoms with Crippen LogP contribution in [0.4, 0.5) is 5.69 Å². The lowest BCUT2D eigenvalue weighted by atomic mass is 10.3. The minimum Gasteiger partial charge on any atom is -0.495 e. The standard InChI is InChI=1S/C12H17ClN2O2S/c1-8(18-6-5-14)12(16)15-10-7-9(13)3-4-11(10)17-2/h3-4,7-8H,5-6,14H2,1-2H3,(H,15,16). The molecule has 0 fully saturated rings. The molecule has 1 atom stereocenters. The molecule has 0 aliphatic rings. The molecule has 0 saturated carbocycles. The molecule has 0 spiro atoms. The molecule has 1 amide bonds. The summed E-state index contributed by atoms with van der Waals surface area (Å²) in [5.74, 6) is 1.25. The maximum absolute atomic E-state index is 11.9. The number of amides is 1. The van der Waals surface area contributed by atoms with Crippen molar-refractivity contribution in [3.63, 3.8) is 0 Å². The van der Waals surface area contributed by atoms with Crippen molar-refractivity contribution < 1.29 is 9.53 Å². The number of ether oxygens (including phenoxy) is 1. The third-order valence-electron chi connectivity index (χ3n) is 2.27. The number of nitrogens with one attached hydrogen (secondary N) is 1. The van der Waals surface area contributed by atoms with Crippen molar-refractivity contribution in [1.29, 1.82) is 0 Å². The Labute approximate surface area is 116 Å². The van der Waals surface area contributed by atoms with Crippen LogP contribution in [0.25, 0.3) is 0 Å². The Hall–Kier alpha value is -0.910. The quantitative estimate of drug-likeness (QED) is 0.843. The lowest BCUT2D eigenvalue weighted by Gasteiger charge is -2.14. The van der Waals surface area contributed by atoms with E-state index in [1.807, 2.05) is 6.92 Å². The fraction of sp³-hybridized carbons (Fsp3) is 0.417. The van der Waals surface area contributed by atoms with Gasteiger partial charge in [-0.05, 0) is 25.1 Å². The van der Waals surface area contributed by atoms with Crippen molar-refractivity contribution in [1.82, 2.24) is 0 Å². The summed E-state index contributed by atoms with van der Waals surface area (Å²) < 4.78 is 5.16. The lowest BCUT2D eigenvalue weighted by Crippen LogP contribution is -2.23. The molecule has 3 N–H and O–H groups in total. The SMILES string of the molecule is COc1ccc(Cl)cc1NC(=O)C(C)SCCN. The maximum Gasteiger partial charge on any atom is 0.237 e. The average molecular weight is 289 g/mol. The molecule has 1 unspecified atom stereocenters. The van der Waals surface area contributed by atoms with Gasteiger partial charge >= 0.3 is 0 Å². The molecule has 0 aromatic heterocycles. The zero-order chi connectivity index (χ0) is 13.5. The molecule has 0 saturated heterocycles. The van der Waals surface area contributed by atoms with Crippen LogP contribution >= 0.6 is 23.4 Å². The largest absolute Gasteiger partial charge is 0.495 e. The highest BCUT2D eigenvalue weighted by molar-refractivity contribution is 8.00. The number of thioether (sulfide) groups is 1. The molecule has 6 heteroatoms. The van der Waals surface area contributed by atoms with Gasteiger partial charge in [0.1, 0.15) is 5.75 Å². The second-order valence-electron chi connectivity index (χ2n) is 3.64. The summed E-state index contributed by atoms with van der Waals surface area (Å²) in [5, 5.41) is 3.18. The van der Waals surface area contributed by atoms with Crippen LogP contribution in [0.5, 0.6) is 5.75 Å². The number of carbonyl (C=O) groups excluding carboxylic acids is 1. The Balaban J connectivity index is 2.71. The molecule has 1 aromatic rings. The highest BCUT2D eigenvalue weighted by Crippen LogP contribution is 2.28. The van der Waals surface area contributed by atoms with E-state index in [9.17, 15) is 4.79 Å². The van der Waals surface area contributed by atoms with Gasteiger partial charge in [-0.3, -0.25) is 4.79 Å². The molecule has 1 rings (SSSR count).